The van der Waals surface area contributed by atoms with E-state index in [1.54, 1.807) is 7.11 Å². The lowest BCUT2D eigenvalue weighted by atomic mass is 9.91. The first kappa shape index (κ1) is 7.20. The van der Waals surface area contributed by atoms with Gasteiger partial charge >= 0.3 is 0 Å². The third-order valence-corrected chi connectivity index (χ3v) is 1.48. The van der Waals surface area contributed by atoms with Gasteiger partial charge in [-0.05, 0) is 19.1 Å². The van der Waals surface area contributed by atoms with Gasteiger partial charge in [0.1, 0.15) is 5.75 Å². The lowest BCUT2D eigenvalue weighted by molar-refractivity contribution is 0.414. The molecule has 0 bridgehead atoms. The Kier molecular flexibility index (Phi) is 2.00. The van der Waals surface area contributed by atoms with Crippen LogP contribution < -0.4 is 10.2 Å². The van der Waals surface area contributed by atoms with Crippen molar-refractivity contribution in [3.8, 4) is 5.75 Å². The van der Waals surface area contributed by atoms with E-state index in [4.69, 9.17) is 12.6 Å². The third-order valence-electron chi connectivity index (χ3n) is 1.48. The highest BCUT2D eigenvalue weighted by molar-refractivity contribution is 6.33. The summed E-state index contributed by atoms with van der Waals surface area (Å²) in [5.41, 5.74) is 1.86. The number of aryl methyl sites for hydroxylation is 1. The summed E-state index contributed by atoms with van der Waals surface area (Å²) in [7, 11) is 7.23. The monoisotopic (exact) mass is 132 g/mol. The Morgan fingerprint density at radius 3 is 2.60 bits per heavy atom. The van der Waals surface area contributed by atoms with Crippen LogP contribution in [0.15, 0.2) is 18.2 Å². The molecule has 0 saturated carbocycles. The third kappa shape index (κ3) is 1.32. The topological polar surface area (TPSA) is 9.23 Å². The summed E-state index contributed by atoms with van der Waals surface area (Å²) in [6, 6.07) is 5.60. The minimum atomic E-state index is 0.806. The van der Waals surface area contributed by atoms with Crippen molar-refractivity contribution in [2.75, 3.05) is 7.11 Å². The lowest BCUT2D eigenvalue weighted by Gasteiger charge is -2.12. The number of hydrogen-bond donors (Lipinski definition) is 0. The number of ether oxygens (including phenoxy) is 1. The number of methoxy groups -OCH3 is 1. The second-order valence-corrected chi connectivity index (χ2v) is 2.22. The van der Waals surface area contributed by atoms with Crippen molar-refractivity contribution in [1.82, 2.24) is 0 Å². The van der Waals surface area contributed by atoms with Crippen molar-refractivity contribution in [3.05, 3.63) is 23.8 Å². The first-order chi connectivity index (χ1) is 4.74. The molecule has 51 valence electrons. The van der Waals surface area contributed by atoms with Crippen LogP contribution in [0.1, 0.15) is 5.56 Å². The predicted octanol–water partition coefficient (Wildman–Crippen LogP) is 0.797. The fraction of sp³-hybridized carbons (Fsp3) is 0.250. The molecular weight excluding hydrogens is 123 g/mol. The van der Waals surface area contributed by atoms with Gasteiger partial charge in [0.15, 0.2) is 0 Å². The molecular formula is C8H9BO-. The van der Waals surface area contributed by atoms with E-state index in [2.05, 4.69) is 0 Å². The zero-order valence-corrected chi connectivity index (χ0v) is 6.22. The Bertz CT molecular complexity index is 233. The molecule has 0 N–H and O–H groups in total. The fourth-order valence-corrected chi connectivity index (χ4v) is 0.775. The van der Waals surface area contributed by atoms with Crippen LogP contribution in [-0.2, 0) is 0 Å². The molecule has 0 aliphatic carbocycles. The SMILES string of the molecule is [B-]c1ccc(OC)cc1C. The molecule has 2 heteroatoms. The molecule has 0 aliphatic heterocycles. The van der Waals surface area contributed by atoms with Gasteiger partial charge in [0.2, 0.25) is 0 Å². The molecule has 1 aromatic rings. The predicted molar refractivity (Wildman–Crippen MR) is 43.1 cm³/mol. The minimum Gasteiger partial charge on any atom is -0.580 e. The van der Waals surface area contributed by atoms with Gasteiger partial charge in [0.25, 0.3) is 0 Å². The zero-order valence-electron chi connectivity index (χ0n) is 6.22. The molecule has 0 fully saturated rings. The van der Waals surface area contributed by atoms with E-state index in [1.165, 1.54) is 0 Å². The first-order valence-electron chi connectivity index (χ1n) is 3.14. The van der Waals surface area contributed by atoms with Crippen LogP contribution in [-0.4, -0.2) is 15.0 Å². The average molecular weight is 132 g/mol. The van der Waals surface area contributed by atoms with E-state index < -0.39 is 0 Å². The van der Waals surface area contributed by atoms with Gasteiger partial charge in [0.05, 0.1) is 7.11 Å². The van der Waals surface area contributed by atoms with Gasteiger partial charge in [0, 0.05) is 0 Å². The van der Waals surface area contributed by atoms with E-state index in [-0.39, 0.29) is 0 Å². The standard InChI is InChI=1S/C8H9BO/c1-6-5-7(10-2)3-4-8(6)9/h3-5H,1-2H3/q-1. The Hall–Kier alpha value is -0.915. The van der Waals surface area contributed by atoms with Crippen LogP contribution in [0.3, 0.4) is 0 Å². The highest BCUT2D eigenvalue weighted by atomic mass is 16.5. The highest BCUT2D eigenvalue weighted by Gasteiger charge is 1.86. The molecule has 3 radical (unpaired) electrons. The molecule has 0 saturated heterocycles. The fourth-order valence-electron chi connectivity index (χ4n) is 0.775. The Balaban J connectivity index is 3.04. The molecule has 10 heavy (non-hydrogen) atoms. The van der Waals surface area contributed by atoms with Crippen LogP contribution >= 0.6 is 0 Å². The second kappa shape index (κ2) is 2.78. The van der Waals surface area contributed by atoms with Crippen LogP contribution in [0.25, 0.3) is 0 Å². The van der Waals surface area contributed by atoms with Crippen LogP contribution in [0, 0.1) is 6.92 Å². The summed E-state index contributed by atoms with van der Waals surface area (Å²) in [4.78, 5) is 0. The molecule has 0 unspecified atom stereocenters. The van der Waals surface area contributed by atoms with E-state index >= 15 is 0 Å². The minimum absolute atomic E-state index is 0.806. The van der Waals surface area contributed by atoms with E-state index in [0.29, 0.717) is 0 Å². The molecule has 0 aromatic heterocycles. The summed E-state index contributed by atoms with van der Waals surface area (Å²) in [6.07, 6.45) is 0. The Labute approximate surface area is 62.4 Å². The maximum absolute atomic E-state index is 5.59. The normalized spacial score (nSPS) is 9.50. The van der Waals surface area contributed by atoms with E-state index in [1.807, 2.05) is 25.1 Å². The van der Waals surface area contributed by atoms with Crippen molar-refractivity contribution in [1.29, 1.82) is 0 Å². The number of rotatable bonds is 1. The Morgan fingerprint density at radius 2 is 2.10 bits per heavy atom. The summed E-state index contributed by atoms with van der Waals surface area (Å²) < 4.78 is 4.99. The molecule has 1 rings (SSSR count). The average Bonchev–Trinajstić information content (AvgIpc) is 1.95. The van der Waals surface area contributed by atoms with Crippen molar-refractivity contribution < 1.29 is 4.74 Å². The summed E-state index contributed by atoms with van der Waals surface area (Å²) in [5.74, 6) is 0.853. The molecule has 1 aromatic carbocycles. The van der Waals surface area contributed by atoms with E-state index in [9.17, 15) is 0 Å². The van der Waals surface area contributed by atoms with Crippen LogP contribution in [0.4, 0.5) is 0 Å². The number of benzene rings is 1. The quantitative estimate of drug-likeness (QED) is 0.513. The van der Waals surface area contributed by atoms with Crippen LogP contribution in [0.2, 0.25) is 0 Å². The molecule has 1 nitrogen and oxygen atoms in total. The maximum atomic E-state index is 5.59. The molecule has 0 atom stereocenters. The summed E-state index contributed by atoms with van der Waals surface area (Å²) in [6.45, 7) is 1.96. The number of hydrogen-bond acceptors (Lipinski definition) is 1. The molecule has 0 amide bonds. The highest BCUT2D eigenvalue weighted by Crippen LogP contribution is 2.08. The Morgan fingerprint density at radius 1 is 1.40 bits per heavy atom. The smallest absolute Gasteiger partial charge is 0.118 e. The first-order valence-corrected chi connectivity index (χ1v) is 3.14. The van der Waals surface area contributed by atoms with Gasteiger partial charge in [-0.1, -0.05) is 5.56 Å². The maximum Gasteiger partial charge on any atom is 0.118 e. The van der Waals surface area contributed by atoms with Gasteiger partial charge < -0.3 is 18.0 Å². The molecule has 0 heterocycles. The zero-order chi connectivity index (χ0) is 7.56. The van der Waals surface area contributed by atoms with E-state index in [0.717, 1.165) is 16.8 Å². The lowest BCUT2D eigenvalue weighted by Crippen LogP contribution is -2.05. The molecule has 0 aliphatic rings. The largest absolute Gasteiger partial charge is 0.580 e. The second-order valence-electron chi connectivity index (χ2n) is 2.22. The van der Waals surface area contributed by atoms with Crippen molar-refractivity contribution in [2.24, 2.45) is 0 Å². The summed E-state index contributed by atoms with van der Waals surface area (Å²) >= 11 is 0. The summed E-state index contributed by atoms with van der Waals surface area (Å²) in [5, 5.41) is 0. The van der Waals surface area contributed by atoms with Crippen LogP contribution in [0.5, 0.6) is 5.75 Å². The van der Waals surface area contributed by atoms with Gasteiger partial charge in [-0.3, -0.25) is 0 Å². The van der Waals surface area contributed by atoms with Crippen molar-refractivity contribution in [2.45, 2.75) is 6.92 Å². The van der Waals surface area contributed by atoms with Gasteiger partial charge in [-0.25, -0.2) is 0 Å². The molecule has 0 spiro atoms. The van der Waals surface area contributed by atoms with Gasteiger partial charge in [-0.2, -0.15) is 0 Å². The van der Waals surface area contributed by atoms with Crippen molar-refractivity contribution in [3.63, 3.8) is 0 Å². The van der Waals surface area contributed by atoms with Crippen molar-refractivity contribution >= 4 is 13.3 Å². The van der Waals surface area contributed by atoms with Gasteiger partial charge in [-0.15, -0.1) is 6.07 Å².